The van der Waals surface area contributed by atoms with Gasteiger partial charge in [-0.3, -0.25) is 16.7 Å². The van der Waals surface area contributed by atoms with E-state index in [1.54, 1.807) is 95.5 Å². The molecule has 0 N–H and O–H groups in total. The van der Waals surface area contributed by atoms with Gasteiger partial charge < -0.3 is 18.2 Å². The second-order valence-electron chi connectivity index (χ2n) is 20.5. The summed E-state index contributed by atoms with van der Waals surface area (Å²) < 4.78 is 339. The summed E-state index contributed by atoms with van der Waals surface area (Å²) in [7, 11) is -8.03. The number of hydrogen-bond donors (Lipinski definition) is 0. The minimum Gasteiger partial charge on any atom is -0.726 e. The van der Waals surface area contributed by atoms with Crippen LogP contribution in [-0.2, 0) is 98.4 Å². The molecule has 0 saturated heterocycles. The quantitative estimate of drug-likeness (QED) is 0.0279. The van der Waals surface area contributed by atoms with Gasteiger partial charge in [0, 0.05) is 90.3 Å². The highest BCUT2D eigenvalue weighted by atomic mass is 32.3. The Bertz CT molecular complexity index is 4750. The Morgan fingerprint density at radius 1 is 0.347 bits per heavy atom. The van der Waals surface area contributed by atoms with Gasteiger partial charge in [0.1, 0.15) is 28.2 Å². The van der Waals surface area contributed by atoms with Crippen LogP contribution in [0.2, 0.25) is 0 Å². The monoisotopic (exact) mass is 1480 g/mol. The zero-order valence-corrected chi connectivity index (χ0v) is 53.8. The fraction of sp³-hybridized carbons (Fsp3) is 0.250. The summed E-state index contributed by atoms with van der Waals surface area (Å²) in [5.41, 5.74) is -1.35. The van der Waals surface area contributed by atoms with Gasteiger partial charge in [-0.1, -0.05) is 0 Å². The predicted octanol–water partition coefficient (Wildman–Crippen LogP) is 7.98. The molecule has 6 aromatic heterocycles. The number of hydrogen-bond acceptors (Lipinski definition) is 20. The molecule has 0 fully saturated rings. The standard InChI is InChI=1S/C52H32F14N8.4CH4O4S/c1-71-13-5-9-25(21-71)29-17-33-34-18-31(27-11-7-15-73(3)23-27)43-40-38(34)36(20-32(28-12-8-16-74(4)24-28)44(40)70-46(69-43)48(55,56)50(59,60)52(64,65)66)35-19-30(26-10-6-14-72(2)22-26)42-39(37(33)35)41(29)67-45(68-42)47(53,54)49(57,58)51(61,62)63;4*1-5-6(2,3)4/h5-24H,1-4H3;4*1H3,(H,2,3,4)/q+4;;;;/p-4. The van der Waals surface area contributed by atoms with Gasteiger partial charge >= 0.3 is 36.0 Å². The lowest BCUT2D eigenvalue weighted by atomic mass is 9.82. The zero-order valence-electron chi connectivity index (χ0n) is 50.6. The molecule has 0 aliphatic heterocycles. The van der Waals surface area contributed by atoms with Crippen LogP contribution in [0.1, 0.15) is 11.6 Å². The molecule has 526 valence electrons. The van der Waals surface area contributed by atoms with Crippen molar-refractivity contribution in [2.75, 3.05) is 28.4 Å². The number of benzene rings is 5. The van der Waals surface area contributed by atoms with E-state index in [2.05, 4.69) is 36.7 Å². The number of nitrogens with zero attached hydrogens (tertiary/aromatic N) is 8. The fourth-order valence-electron chi connectivity index (χ4n) is 9.78. The molecular weight excluding hydrogens is 1430 g/mol. The SMILES string of the molecule is COS(=O)(=O)[O-].COS(=O)(=O)[O-].COS(=O)(=O)[O-].COS(=O)(=O)[O-].C[n+]1cccc(-c2cc3c4cc(-c5ccc[n+](C)c5)c5nc(C(F)(F)C(F)(F)C(F)(F)F)nc6c(-c7ccc[n+](C)c7)cc(c7cc(-c8ccc[n+](C)c8)c8nc(C(F)(F)C(F)(F)C(F)(F)F)nc2c8c37)c4c56)c1. The average molecular weight is 1480 g/mol. The smallest absolute Gasteiger partial charge is 0.460 e. The second kappa shape index (κ2) is 27.3. The van der Waals surface area contributed by atoms with E-state index >= 15 is 35.1 Å². The highest BCUT2D eigenvalue weighted by Gasteiger charge is 2.76. The van der Waals surface area contributed by atoms with Crippen LogP contribution in [0.3, 0.4) is 0 Å². The third-order valence-electron chi connectivity index (χ3n) is 14.0. The molecule has 11 rings (SSSR count). The largest absolute Gasteiger partial charge is 0.726 e. The van der Waals surface area contributed by atoms with Gasteiger partial charge in [-0.05, 0) is 70.1 Å². The van der Waals surface area contributed by atoms with E-state index in [0.29, 0.717) is 0 Å². The van der Waals surface area contributed by atoms with Crippen molar-refractivity contribution in [3.05, 3.63) is 134 Å². The zero-order chi connectivity index (χ0) is 73.8. The van der Waals surface area contributed by atoms with Crippen molar-refractivity contribution in [3.8, 4) is 44.5 Å². The lowest BCUT2D eigenvalue weighted by molar-refractivity contribution is -0.671. The van der Waals surface area contributed by atoms with Crippen LogP contribution in [0.5, 0.6) is 0 Å². The molecule has 0 aliphatic carbocycles. The van der Waals surface area contributed by atoms with Crippen LogP contribution in [0.15, 0.2) is 122 Å². The number of alkyl halides is 14. The van der Waals surface area contributed by atoms with E-state index in [9.17, 15) is 78.2 Å². The van der Waals surface area contributed by atoms with Gasteiger partial charge in [-0.15, -0.1) is 0 Å². The molecule has 98 heavy (non-hydrogen) atoms. The summed E-state index contributed by atoms with van der Waals surface area (Å²) in [5.74, 6) is -29.7. The maximum Gasteiger partial charge on any atom is 0.460 e. The van der Waals surface area contributed by atoms with Crippen molar-refractivity contribution < 1.29 is 148 Å². The van der Waals surface area contributed by atoms with Crippen LogP contribution in [0.4, 0.5) is 61.5 Å². The maximum absolute atomic E-state index is 16.2. The lowest BCUT2D eigenvalue weighted by Crippen LogP contribution is -2.50. The van der Waals surface area contributed by atoms with Crippen LogP contribution in [0, 0.1) is 0 Å². The van der Waals surface area contributed by atoms with Gasteiger partial charge in [-0.2, -0.15) is 61.5 Å². The summed E-state index contributed by atoms with van der Waals surface area (Å²) in [6, 6.07) is 18.0. The molecule has 24 nitrogen and oxygen atoms in total. The maximum atomic E-state index is 16.2. The first kappa shape index (κ1) is 76.8. The Labute approximate surface area is 544 Å². The number of aromatic nitrogens is 8. The van der Waals surface area contributed by atoms with Crippen LogP contribution < -0.4 is 18.3 Å². The summed E-state index contributed by atoms with van der Waals surface area (Å²) in [6.45, 7) is 0. The van der Waals surface area contributed by atoms with Gasteiger partial charge in [-0.25, -0.2) is 71.9 Å². The number of rotatable bonds is 12. The van der Waals surface area contributed by atoms with E-state index in [1.807, 2.05) is 0 Å². The molecule has 0 aliphatic rings. The molecule has 0 atom stereocenters. The molecule has 11 aromatic rings. The molecule has 0 saturated carbocycles. The molecular formula is C56H44F14N8O16S4. The molecule has 42 heteroatoms. The summed E-state index contributed by atoms with van der Waals surface area (Å²) in [4.78, 5) is 15.8. The molecule has 0 radical (unpaired) electrons. The van der Waals surface area contributed by atoms with E-state index in [-0.39, 0.29) is 87.6 Å². The number of pyridine rings is 4. The predicted molar refractivity (Wildman–Crippen MR) is 308 cm³/mol. The molecule has 0 bridgehead atoms. The van der Waals surface area contributed by atoms with E-state index in [4.69, 9.17) is 0 Å². The Morgan fingerprint density at radius 2 is 0.531 bits per heavy atom. The third kappa shape index (κ3) is 15.8. The summed E-state index contributed by atoms with van der Waals surface area (Å²) >= 11 is 0. The Balaban J connectivity index is 0.000000483. The van der Waals surface area contributed by atoms with Crippen molar-refractivity contribution in [3.63, 3.8) is 0 Å². The van der Waals surface area contributed by atoms with Gasteiger partial charge in [0.05, 0.1) is 50.5 Å². The van der Waals surface area contributed by atoms with Crippen LogP contribution in [-0.4, -0.2) is 124 Å². The molecule has 0 spiro atoms. The highest BCUT2D eigenvalue weighted by Crippen LogP contribution is 2.56. The number of halogens is 14. The normalized spacial score (nSPS) is 13.1. The van der Waals surface area contributed by atoms with Gasteiger partial charge in [0.25, 0.3) is 0 Å². The van der Waals surface area contributed by atoms with Crippen LogP contribution in [0.25, 0.3) is 110 Å². The van der Waals surface area contributed by atoms with Crippen molar-refractivity contribution in [2.24, 2.45) is 28.2 Å². The van der Waals surface area contributed by atoms with Crippen molar-refractivity contribution in [2.45, 2.75) is 36.0 Å². The van der Waals surface area contributed by atoms with Crippen molar-refractivity contribution in [1.29, 1.82) is 0 Å². The first-order valence-corrected chi connectivity index (χ1v) is 31.7. The molecule has 5 aromatic carbocycles. The average Bonchev–Trinajstić information content (AvgIpc) is 0.678. The molecule has 0 unspecified atom stereocenters. The van der Waals surface area contributed by atoms with Gasteiger partial charge in [0.15, 0.2) is 49.6 Å². The van der Waals surface area contributed by atoms with Gasteiger partial charge in [0.2, 0.25) is 53.2 Å². The second-order valence-corrected chi connectivity index (χ2v) is 25.1. The van der Waals surface area contributed by atoms with Crippen LogP contribution >= 0.6 is 0 Å². The van der Waals surface area contributed by atoms with Crippen molar-refractivity contribution >= 4 is 107 Å². The van der Waals surface area contributed by atoms with Crippen molar-refractivity contribution in [1.82, 2.24) is 19.9 Å². The highest BCUT2D eigenvalue weighted by molar-refractivity contribution is 7.81. The topological polar surface area (TPSA) is 333 Å². The van der Waals surface area contributed by atoms with E-state index < -0.39 is 111 Å². The Hall–Kier alpha value is -8.56. The summed E-state index contributed by atoms with van der Waals surface area (Å²) in [5, 5.41) is 1.08. The number of aryl methyl sites for hydroxylation is 4. The Morgan fingerprint density at radius 3 is 0.684 bits per heavy atom. The van der Waals surface area contributed by atoms with E-state index in [0.717, 1.165) is 28.4 Å². The lowest BCUT2D eigenvalue weighted by Gasteiger charge is -2.28. The third-order valence-corrected chi connectivity index (χ3v) is 15.7. The number of fused-ring (bicyclic) bond motifs is 2. The fourth-order valence-corrected chi connectivity index (χ4v) is 9.78. The minimum absolute atomic E-state index is 0.0710. The summed E-state index contributed by atoms with van der Waals surface area (Å²) in [6.07, 6.45) is -1.10. The molecule has 6 heterocycles. The molecule has 0 amide bonds. The Kier molecular flexibility index (Phi) is 21.4. The van der Waals surface area contributed by atoms with E-state index in [1.165, 1.54) is 73.3 Å². The first-order valence-electron chi connectivity index (χ1n) is 26.4. The first-order chi connectivity index (χ1) is 44.9. The minimum atomic E-state index is -6.76.